The first-order valence-electron chi connectivity index (χ1n) is 3.84. The van der Waals surface area contributed by atoms with E-state index in [-0.39, 0.29) is 5.69 Å². The van der Waals surface area contributed by atoms with E-state index in [1.807, 2.05) is 0 Å². The van der Waals surface area contributed by atoms with E-state index in [1.165, 1.54) is 6.20 Å². The first kappa shape index (κ1) is 11.5. The molecule has 0 aromatic carbocycles. The van der Waals surface area contributed by atoms with Crippen LogP contribution in [-0.2, 0) is 4.74 Å². The highest BCUT2D eigenvalue weighted by Crippen LogP contribution is 2.28. The Morgan fingerprint density at radius 2 is 2.29 bits per heavy atom. The summed E-state index contributed by atoms with van der Waals surface area (Å²) in [5, 5.41) is 0. The molecule has 0 amide bonds. The van der Waals surface area contributed by atoms with Crippen LogP contribution < -0.4 is 5.73 Å². The zero-order chi connectivity index (χ0) is 10.7. The number of carbonyl (C=O) groups excluding carboxylic acids is 1. The average molecular weight is 324 g/mol. The molecule has 76 valence electrons. The van der Waals surface area contributed by atoms with Crippen LogP contribution in [0.2, 0.25) is 0 Å². The van der Waals surface area contributed by atoms with Crippen molar-refractivity contribution in [1.82, 2.24) is 4.98 Å². The molecule has 1 rings (SSSR count). The minimum atomic E-state index is -0.458. The molecule has 0 bridgehead atoms. The predicted molar refractivity (Wildman–Crippen MR) is 60.0 cm³/mol. The zero-order valence-electron chi connectivity index (χ0n) is 7.38. The van der Waals surface area contributed by atoms with E-state index >= 15 is 0 Å². The van der Waals surface area contributed by atoms with Crippen LogP contribution in [0.15, 0.2) is 15.3 Å². The lowest BCUT2D eigenvalue weighted by molar-refractivity contribution is 0.0526. The van der Waals surface area contributed by atoms with Gasteiger partial charge in [-0.15, -0.1) is 0 Å². The molecule has 0 atom stereocenters. The van der Waals surface area contributed by atoms with Gasteiger partial charge in [-0.05, 0) is 38.8 Å². The average Bonchev–Trinajstić information content (AvgIpc) is 2.13. The van der Waals surface area contributed by atoms with Crippen LogP contribution in [0.25, 0.3) is 0 Å². The van der Waals surface area contributed by atoms with Gasteiger partial charge >= 0.3 is 5.97 Å². The second kappa shape index (κ2) is 4.75. The molecule has 6 heteroatoms. The van der Waals surface area contributed by atoms with Crippen LogP contribution in [0, 0.1) is 0 Å². The summed E-state index contributed by atoms with van der Waals surface area (Å²) in [4.78, 5) is 15.4. The van der Waals surface area contributed by atoms with Crippen LogP contribution in [-0.4, -0.2) is 17.6 Å². The number of esters is 1. The van der Waals surface area contributed by atoms with Crippen molar-refractivity contribution in [2.24, 2.45) is 0 Å². The Hall–Kier alpha value is -0.620. The molecular weight excluding hydrogens is 316 g/mol. The van der Waals surface area contributed by atoms with Gasteiger partial charge in [0.05, 0.1) is 16.8 Å². The van der Waals surface area contributed by atoms with Gasteiger partial charge in [-0.2, -0.15) is 0 Å². The number of anilines is 1. The summed E-state index contributed by atoms with van der Waals surface area (Å²) in [7, 11) is 0. The first-order chi connectivity index (χ1) is 6.57. The number of halogens is 2. The SMILES string of the molecule is CCOC(=O)c1c(Br)cnc(Br)c1N. The summed E-state index contributed by atoms with van der Waals surface area (Å²) in [6, 6.07) is 0. The highest BCUT2D eigenvalue weighted by Gasteiger charge is 2.17. The lowest BCUT2D eigenvalue weighted by Crippen LogP contribution is -2.10. The first-order valence-corrected chi connectivity index (χ1v) is 5.43. The number of rotatable bonds is 2. The number of ether oxygens (including phenoxy) is 1. The quantitative estimate of drug-likeness (QED) is 0.670. The molecule has 0 aliphatic carbocycles. The topological polar surface area (TPSA) is 65.2 Å². The Kier molecular flexibility index (Phi) is 3.88. The molecule has 2 N–H and O–H groups in total. The molecule has 1 aromatic heterocycles. The summed E-state index contributed by atoms with van der Waals surface area (Å²) in [5.74, 6) is -0.458. The molecule has 0 unspecified atom stereocenters. The summed E-state index contributed by atoms with van der Waals surface area (Å²) in [6.07, 6.45) is 1.49. The van der Waals surface area contributed by atoms with Crippen LogP contribution >= 0.6 is 31.9 Å². The Morgan fingerprint density at radius 3 is 2.86 bits per heavy atom. The van der Waals surface area contributed by atoms with Gasteiger partial charge < -0.3 is 10.5 Å². The van der Waals surface area contributed by atoms with Gasteiger partial charge in [0.1, 0.15) is 10.2 Å². The molecular formula is C8H8Br2N2O2. The number of pyridine rings is 1. The highest BCUT2D eigenvalue weighted by molar-refractivity contribution is 9.11. The monoisotopic (exact) mass is 322 g/mol. The van der Waals surface area contributed by atoms with Crippen molar-refractivity contribution in [2.75, 3.05) is 12.3 Å². The second-order valence-electron chi connectivity index (χ2n) is 2.41. The number of aromatic nitrogens is 1. The molecule has 4 nitrogen and oxygen atoms in total. The summed E-state index contributed by atoms with van der Waals surface area (Å²) < 4.78 is 5.81. The third-order valence-corrected chi connectivity index (χ3v) is 2.73. The van der Waals surface area contributed by atoms with Gasteiger partial charge in [-0.25, -0.2) is 9.78 Å². The Balaban J connectivity index is 3.18. The standard InChI is InChI=1S/C8H8Br2N2O2/c1-2-14-8(13)5-4(9)3-12-7(10)6(5)11/h3H,2,11H2,1H3. The van der Waals surface area contributed by atoms with Gasteiger partial charge in [-0.3, -0.25) is 0 Å². The minimum Gasteiger partial charge on any atom is -0.462 e. The molecule has 0 spiro atoms. The Bertz CT molecular complexity index is 369. The maximum Gasteiger partial charge on any atom is 0.341 e. The van der Waals surface area contributed by atoms with E-state index in [4.69, 9.17) is 10.5 Å². The molecule has 1 aromatic rings. The van der Waals surface area contributed by atoms with Gasteiger partial charge in [0, 0.05) is 6.20 Å². The normalized spacial score (nSPS) is 9.93. The van der Waals surface area contributed by atoms with E-state index < -0.39 is 5.97 Å². The van der Waals surface area contributed by atoms with Gasteiger partial charge in [-0.1, -0.05) is 0 Å². The van der Waals surface area contributed by atoms with Crippen LogP contribution in [0.5, 0.6) is 0 Å². The van der Waals surface area contributed by atoms with Crippen LogP contribution in [0.4, 0.5) is 5.69 Å². The lowest BCUT2D eigenvalue weighted by Gasteiger charge is -2.07. The maximum absolute atomic E-state index is 11.5. The van der Waals surface area contributed by atoms with Gasteiger partial charge in [0.2, 0.25) is 0 Å². The van der Waals surface area contributed by atoms with Gasteiger partial charge in [0.15, 0.2) is 0 Å². The van der Waals surface area contributed by atoms with Crippen molar-refractivity contribution in [2.45, 2.75) is 6.92 Å². The van der Waals surface area contributed by atoms with Crippen LogP contribution in [0.3, 0.4) is 0 Å². The fourth-order valence-corrected chi connectivity index (χ4v) is 1.67. The summed E-state index contributed by atoms with van der Waals surface area (Å²) in [5.41, 5.74) is 6.25. The van der Waals surface area contributed by atoms with E-state index in [0.717, 1.165) is 0 Å². The molecule has 0 aliphatic heterocycles. The summed E-state index contributed by atoms with van der Waals surface area (Å²) in [6.45, 7) is 2.04. The smallest absolute Gasteiger partial charge is 0.341 e. The lowest BCUT2D eigenvalue weighted by atomic mass is 10.2. The Labute approximate surface area is 98.1 Å². The van der Waals surface area contributed by atoms with E-state index in [2.05, 4.69) is 36.8 Å². The highest BCUT2D eigenvalue weighted by atomic mass is 79.9. The molecule has 0 radical (unpaired) electrons. The number of nitrogen functional groups attached to an aromatic ring is 1. The van der Waals surface area contributed by atoms with Gasteiger partial charge in [0.25, 0.3) is 0 Å². The minimum absolute atomic E-state index is 0.276. The van der Waals surface area contributed by atoms with E-state index in [0.29, 0.717) is 21.2 Å². The predicted octanol–water partition coefficient (Wildman–Crippen LogP) is 2.37. The number of hydrogen-bond donors (Lipinski definition) is 1. The maximum atomic E-state index is 11.5. The van der Waals surface area contributed by atoms with Crippen molar-refractivity contribution in [3.63, 3.8) is 0 Å². The largest absolute Gasteiger partial charge is 0.462 e. The van der Waals surface area contributed by atoms with Crippen LogP contribution in [0.1, 0.15) is 17.3 Å². The molecule has 0 saturated carbocycles. The second-order valence-corrected chi connectivity index (χ2v) is 4.01. The Morgan fingerprint density at radius 1 is 1.64 bits per heavy atom. The van der Waals surface area contributed by atoms with Crippen molar-refractivity contribution >= 4 is 43.5 Å². The fourth-order valence-electron chi connectivity index (χ4n) is 0.890. The van der Waals surface area contributed by atoms with E-state index in [9.17, 15) is 4.79 Å². The fraction of sp³-hybridized carbons (Fsp3) is 0.250. The van der Waals surface area contributed by atoms with E-state index in [1.54, 1.807) is 6.92 Å². The summed E-state index contributed by atoms with van der Waals surface area (Å²) >= 11 is 6.32. The number of carbonyl (C=O) groups is 1. The molecule has 1 heterocycles. The number of nitrogens with zero attached hydrogens (tertiary/aromatic N) is 1. The van der Waals surface area contributed by atoms with Crippen molar-refractivity contribution in [3.8, 4) is 0 Å². The third kappa shape index (κ3) is 2.24. The third-order valence-electron chi connectivity index (χ3n) is 1.50. The molecule has 0 fully saturated rings. The number of hydrogen-bond acceptors (Lipinski definition) is 4. The van der Waals surface area contributed by atoms with Crippen molar-refractivity contribution < 1.29 is 9.53 Å². The van der Waals surface area contributed by atoms with Crippen molar-refractivity contribution in [1.29, 1.82) is 0 Å². The van der Waals surface area contributed by atoms with Crippen molar-refractivity contribution in [3.05, 3.63) is 20.8 Å². The molecule has 0 saturated heterocycles. The number of nitrogens with two attached hydrogens (primary N) is 1. The molecule has 14 heavy (non-hydrogen) atoms. The zero-order valence-corrected chi connectivity index (χ0v) is 10.6. The molecule has 0 aliphatic rings.